The van der Waals surface area contributed by atoms with Gasteiger partial charge in [-0.15, -0.1) is 0 Å². The van der Waals surface area contributed by atoms with Gasteiger partial charge in [-0.2, -0.15) is 0 Å². The molecule has 2 unspecified atom stereocenters. The summed E-state index contributed by atoms with van der Waals surface area (Å²) in [7, 11) is -3.40. The minimum atomic E-state index is -3.40. The Balaban J connectivity index is 2.32. The van der Waals surface area contributed by atoms with Gasteiger partial charge in [0.05, 0.1) is 11.5 Å². The second-order valence-corrected chi connectivity index (χ2v) is 7.15. The molecular formula is C11H14BrNO3S. The van der Waals surface area contributed by atoms with Crippen LogP contribution in [-0.4, -0.2) is 32.9 Å². The lowest BCUT2D eigenvalue weighted by Crippen LogP contribution is -2.47. The molecule has 0 amide bonds. The minimum absolute atomic E-state index is 0.180. The molecule has 4 nitrogen and oxygen atoms in total. The Hall–Kier alpha value is -0.430. The molecule has 0 aromatic heterocycles. The van der Waals surface area contributed by atoms with Crippen LogP contribution >= 0.6 is 15.9 Å². The molecule has 1 aliphatic heterocycles. The van der Waals surface area contributed by atoms with Crippen molar-refractivity contribution in [3.05, 3.63) is 28.7 Å². The summed E-state index contributed by atoms with van der Waals surface area (Å²) in [4.78, 5) is 0.298. The average molecular weight is 320 g/mol. The highest BCUT2D eigenvalue weighted by atomic mass is 79.9. The number of hydrogen-bond acceptors (Lipinski definition) is 4. The molecule has 2 rings (SSSR count). The van der Waals surface area contributed by atoms with Gasteiger partial charge in [0, 0.05) is 17.1 Å². The summed E-state index contributed by atoms with van der Waals surface area (Å²) >= 11 is 3.28. The van der Waals surface area contributed by atoms with Crippen LogP contribution in [0.2, 0.25) is 0 Å². The largest absolute Gasteiger partial charge is 0.380 e. The number of hydrogen-bond donors (Lipinski definition) is 1. The summed E-state index contributed by atoms with van der Waals surface area (Å²) in [6, 6.07) is 6.24. The molecule has 6 heteroatoms. The Kier molecular flexibility index (Phi) is 3.87. The number of sulfone groups is 1. The third kappa shape index (κ3) is 2.70. The fourth-order valence-corrected chi connectivity index (χ4v) is 3.85. The van der Waals surface area contributed by atoms with Crippen molar-refractivity contribution in [2.45, 2.75) is 22.6 Å². The van der Waals surface area contributed by atoms with Gasteiger partial charge in [-0.05, 0) is 30.7 Å². The summed E-state index contributed by atoms with van der Waals surface area (Å²) in [5, 5.41) is -0.641. The number of rotatable bonds is 2. The molecule has 0 radical (unpaired) electrons. The fraction of sp³-hybridized carbons (Fsp3) is 0.455. The Morgan fingerprint density at radius 3 is 2.53 bits per heavy atom. The molecule has 2 atom stereocenters. The molecule has 1 saturated heterocycles. The first kappa shape index (κ1) is 13.0. The number of benzene rings is 1. The van der Waals surface area contributed by atoms with E-state index in [0.717, 1.165) is 4.47 Å². The van der Waals surface area contributed by atoms with Crippen LogP contribution in [0.4, 0.5) is 0 Å². The van der Waals surface area contributed by atoms with Gasteiger partial charge in [0.15, 0.2) is 9.84 Å². The van der Waals surface area contributed by atoms with E-state index in [1.165, 1.54) is 0 Å². The highest BCUT2D eigenvalue weighted by Gasteiger charge is 2.35. The van der Waals surface area contributed by atoms with Gasteiger partial charge in [-0.25, -0.2) is 8.42 Å². The molecule has 2 N–H and O–H groups in total. The van der Waals surface area contributed by atoms with Crippen LogP contribution in [0.1, 0.15) is 6.42 Å². The van der Waals surface area contributed by atoms with E-state index in [1.807, 2.05) is 0 Å². The quantitative estimate of drug-likeness (QED) is 0.893. The van der Waals surface area contributed by atoms with Gasteiger partial charge in [0.2, 0.25) is 0 Å². The van der Waals surface area contributed by atoms with Gasteiger partial charge in [-0.3, -0.25) is 0 Å². The van der Waals surface area contributed by atoms with E-state index in [9.17, 15) is 8.42 Å². The van der Waals surface area contributed by atoms with E-state index >= 15 is 0 Å². The molecule has 1 fully saturated rings. The summed E-state index contributed by atoms with van der Waals surface area (Å²) in [5.74, 6) is 0. The first-order valence-electron chi connectivity index (χ1n) is 5.34. The second-order valence-electron chi connectivity index (χ2n) is 4.06. The summed E-state index contributed by atoms with van der Waals surface area (Å²) in [5.41, 5.74) is 5.86. The van der Waals surface area contributed by atoms with Gasteiger partial charge in [0.1, 0.15) is 5.25 Å². The molecule has 1 aromatic carbocycles. The van der Waals surface area contributed by atoms with Crippen molar-refractivity contribution >= 4 is 25.8 Å². The molecular weight excluding hydrogens is 306 g/mol. The summed E-state index contributed by atoms with van der Waals surface area (Å²) in [6.07, 6.45) is 0.584. The highest BCUT2D eigenvalue weighted by molar-refractivity contribution is 9.10. The topological polar surface area (TPSA) is 69.4 Å². The Morgan fingerprint density at radius 1 is 1.29 bits per heavy atom. The van der Waals surface area contributed by atoms with Crippen molar-refractivity contribution in [1.82, 2.24) is 0 Å². The first-order chi connectivity index (χ1) is 8.01. The second kappa shape index (κ2) is 5.06. The van der Waals surface area contributed by atoms with Gasteiger partial charge in [-0.1, -0.05) is 15.9 Å². The normalized spacial score (nSPS) is 25.8. The van der Waals surface area contributed by atoms with Crippen LogP contribution < -0.4 is 5.73 Å². The predicted octanol–water partition coefficient (Wildman–Crippen LogP) is 1.34. The fourth-order valence-electron chi connectivity index (χ4n) is 1.85. The molecule has 17 heavy (non-hydrogen) atoms. The maximum absolute atomic E-state index is 12.3. The van der Waals surface area contributed by atoms with Crippen LogP contribution in [0.3, 0.4) is 0 Å². The van der Waals surface area contributed by atoms with E-state index in [2.05, 4.69) is 15.9 Å². The molecule has 1 aliphatic rings. The van der Waals surface area contributed by atoms with E-state index in [4.69, 9.17) is 10.5 Å². The van der Waals surface area contributed by atoms with Crippen LogP contribution in [0.5, 0.6) is 0 Å². The van der Waals surface area contributed by atoms with Crippen molar-refractivity contribution in [1.29, 1.82) is 0 Å². The van der Waals surface area contributed by atoms with Crippen molar-refractivity contribution in [2.75, 3.05) is 13.2 Å². The lowest BCUT2D eigenvalue weighted by atomic mass is 10.1. The Labute approximate surface area is 109 Å². The zero-order chi connectivity index (χ0) is 12.5. The van der Waals surface area contributed by atoms with Crippen LogP contribution in [0.25, 0.3) is 0 Å². The lowest BCUT2D eigenvalue weighted by Gasteiger charge is -2.28. The Bertz CT molecular complexity index is 486. The lowest BCUT2D eigenvalue weighted by molar-refractivity contribution is 0.0891. The monoisotopic (exact) mass is 319 g/mol. The third-order valence-electron chi connectivity index (χ3n) is 2.90. The maximum atomic E-state index is 12.3. The SMILES string of the molecule is NC1CCOCC1S(=O)(=O)c1ccc(Br)cc1. The molecule has 94 valence electrons. The zero-order valence-electron chi connectivity index (χ0n) is 9.17. The molecule has 0 aliphatic carbocycles. The summed E-state index contributed by atoms with van der Waals surface area (Å²) in [6.45, 7) is 0.715. The van der Waals surface area contributed by atoms with Crippen LogP contribution in [0, 0.1) is 0 Å². The predicted molar refractivity (Wildman–Crippen MR) is 68.5 cm³/mol. The molecule has 0 spiro atoms. The maximum Gasteiger partial charge on any atom is 0.185 e. The standard InChI is InChI=1S/C11H14BrNO3S/c12-8-1-3-9(4-2-8)17(14,15)11-7-16-6-5-10(11)13/h1-4,10-11H,5-7,13H2. The molecule has 1 aromatic rings. The van der Waals surface area contributed by atoms with E-state index in [1.54, 1.807) is 24.3 Å². The van der Waals surface area contributed by atoms with Gasteiger partial charge >= 0.3 is 0 Å². The molecule has 0 bridgehead atoms. The smallest absolute Gasteiger partial charge is 0.185 e. The average Bonchev–Trinajstić information content (AvgIpc) is 2.30. The van der Waals surface area contributed by atoms with Crippen LogP contribution in [0.15, 0.2) is 33.6 Å². The molecule has 0 saturated carbocycles. The number of nitrogens with two attached hydrogens (primary N) is 1. The van der Waals surface area contributed by atoms with Gasteiger partial charge < -0.3 is 10.5 Å². The van der Waals surface area contributed by atoms with Crippen LogP contribution in [-0.2, 0) is 14.6 Å². The van der Waals surface area contributed by atoms with Crippen molar-refractivity contribution in [3.63, 3.8) is 0 Å². The first-order valence-corrected chi connectivity index (χ1v) is 7.68. The van der Waals surface area contributed by atoms with E-state index < -0.39 is 15.1 Å². The molecule has 1 heterocycles. The minimum Gasteiger partial charge on any atom is -0.380 e. The Morgan fingerprint density at radius 2 is 1.94 bits per heavy atom. The summed E-state index contributed by atoms with van der Waals surface area (Å²) < 4.78 is 30.7. The van der Waals surface area contributed by atoms with Gasteiger partial charge in [0.25, 0.3) is 0 Å². The van der Waals surface area contributed by atoms with E-state index in [-0.39, 0.29) is 12.6 Å². The number of halogens is 1. The van der Waals surface area contributed by atoms with Crippen molar-refractivity contribution < 1.29 is 13.2 Å². The van der Waals surface area contributed by atoms with Crippen molar-refractivity contribution in [2.24, 2.45) is 5.73 Å². The highest BCUT2D eigenvalue weighted by Crippen LogP contribution is 2.23. The third-order valence-corrected chi connectivity index (χ3v) is 5.64. The zero-order valence-corrected chi connectivity index (χ0v) is 11.6. The van der Waals surface area contributed by atoms with E-state index in [0.29, 0.717) is 17.9 Å². The van der Waals surface area contributed by atoms with Crippen molar-refractivity contribution in [3.8, 4) is 0 Å². The number of ether oxygens (including phenoxy) is 1.